The van der Waals surface area contributed by atoms with Gasteiger partial charge < -0.3 is 4.18 Å². The van der Waals surface area contributed by atoms with Crippen LogP contribution in [0, 0.1) is 17.0 Å². The lowest BCUT2D eigenvalue weighted by Gasteiger charge is -2.07. The van der Waals surface area contributed by atoms with E-state index in [1.54, 1.807) is 6.92 Å². The number of nitro groups is 1. The summed E-state index contributed by atoms with van der Waals surface area (Å²) < 4.78 is 28.8. The third kappa shape index (κ3) is 2.91. The fourth-order valence-electron chi connectivity index (χ4n) is 1.50. The van der Waals surface area contributed by atoms with Crippen LogP contribution in [0.15, 0.2) is 47.6 Å². The number of pyridine rings is 1. The van der Waals surface area contributed by atoms with E-state index in [4.69, 9.17) is 4.18 Å². The maximum Gasteiger partial charge on any atom is 0.341 e. The average Bonchev–Trinajstić information content (AvgIpc) is 2.41. The minimum atomic E-state index is -4.15. The topological polar surface area (TPSA) is 99.4 Å². The monoisotopic (exact) mass is 294 g/mol. The van der Waals surface area contributed by atoms with Gasteiger partial charge in [-0.25, -0.2) is 0 Å². The van der Waals surface area contributed by atoms with Crippen molar-refractivity contribution in [1.82, 2.24) is 4.98 Å². The molecule has 0 saturated carbocycles. The van der Waals surface area contributed by atoms with Crippen LogP contribution in [-0.4, -0.2) is 18.3 Å². The highest BCUT2D eigenvalue weighted by Gasteiger charge is 2.23. The normalized spacial score (nSPS) is 11.1. The van der Waals surface area contributed by atoms with E-state index in [1.165, 1.54) is 36.5 Å². The van der Waals surface area contributed by atoms with E-state index >= 15 is 0 Å². The average molecular weight is 294 g/mol. The number of rotatable bonds is 4. The lowest BCUT2D eigenvalue weighted by Crippen LogP contribution is -2.11. The highest BCUT2D eigenvalue weighted by molar-refractivity contribution is 7.87. The molecule has 104 valence electrons. The second-order valence-corrected chi connectivity index (χ2v) is 5.50. The molecule has 0 aliphatic carbocycles. The molecule has 0 amide bonds. The molecule has 0 saturated heterocycles. The summed E-state index contributed by atoms with van der Waals surface area (Å²) in [5, 5.41) is 10.9. The summed E-state index contributed by atoms with van der Waals surface area (Å²) in [6, 6.07) is 6.75. The molecule has 0 spiro atoms. The second-order valence-electron chi connectivity index (χ2n) is 3.95. The van der Waals surface area contributed by atoms with Crippen molar-refractivity contribution in [2.24, 2.45) is 0 Å². The molecule has 1 aromatic carbocycles. The number of nitro benzene ring substituents is 1. The Balaban J connectivity index is 2.43. The van der Waals surface area contributed by atoms with E-state index in [0.717, 1.165) is 6.20 Å². The van der Waals surface area contributed by atoms with Gasteiger partial charge in [0.25, 0.3) is 0 Å². The van der Waals surface area contributed by atoms with Crippen LogP contribution in [-0.2, 0) is 10.1 Å². The van der Waals surface area contributed by atoms with Crippen molar-refractivity contribution in [3.8, 4) is 5.75 Å². The van der Waals surface area contributed by atoms with Crippen molar-refractivity contribution in [2.75, 3.05) is 0 Å². The number of hydrogen-bond donors (Lipinski definition) is 0. The Morgan fingerprint density at radius 2 is 2.05 bits per heavy atom. The molecule has 20 heavy (non-hydrogen) atoms. The van der Waals surface area contributed by atoms with E-state index in [-0.39, 0.29) is 10.6 Å². The first-order valence-electron chi connectivity index (χ1n) is 5.50. The van der Waals surface area contributed by atoms with Crippen molar-refractivity contribution in [3.05, 3.63) is 58.4 Å². The molecule has 0 aliphatic rings. The molecule has 8 heteroatoms. The minimum absolute atomic E-state index is 0.171. The standard InChI is InChI=1S/C12H10N2O5S/c1-9-4-5-12(11(7-9)14(15)16)19-20(17,18)10-3-2-6-13-8-10/h2-8H,1H3. The predicted molar refractivity (Wildman–Crippen MR) is 69.9 cm³/mol. The molecule has 2 rings (SSSR count). The Morgan fingerprint density at radius 1 is 1.30 bits per heavy atom. The lowest BCUT2D eigenvalue weighted by atomic mass is 10.2. The first kappa shape index (κ1) is 13.9. The van der Waals surface area contributed by atoms with Gasteiger partial charge in [0.2, 0.25) is 5.75 Å². The van der Waals surface area contributed by atoms with Crippen molar-refractivity contribution in [3.63, 3.8) is 0 Å². The fourth-order valence-corrected chi connectivity index (χ4v) is 2.41. The first-order chi connectivity index (χ1) is 9.40. The summed E-state index contributed by atoms with van der Waals surface area (Å²) in [5.41, 5.74) is 0.222. The molecular formula is C12H10N2O5S. The van der Waals surface area contributed by atoms with Crippen LogP contribution in [0.4, 0.5) is 5.69 Å². The van der Waals surface area contributed by atoms with Gasteiger partial charge in [-0.05, 0) is 30.7 Å². The molecule has 1 heterocycles. The Morgan fingerprint density at radius 3 is 2.65 bits per heavy atom. The zero-order valence-electron chi connectivity index (χ0n) is 10.4. The number of benzene rings is 1. The van der Waals surface area contributed by atoms with E-state index in [1.807, 2.05) is 0 Å². The molecule has 7 nitrogen and oxygen atoms in total. The van der Waals surface area contributed by atoms with E-state index in [2.05, 4.69) is 4.98 Å². The zero-order chi connectivity index (χ0) is 14.8. The van der Waals surface area contributed by atoms with Crippen LogP contribution in [0.2, 0.25) is 0 Å². The SMILES string of the molecule is Cc1ccc(OS(=O)(=O)c2cccnc2)c([N+](=O)[O-])c1. The largest absolute Gasteiger partial charge is 0.372 e. The van der Waals surface area contributed by atoms with Crippen LogP contribution in [0.25, 0.3) is 0 Å². The van der Waals surface area contributed by atoms with E-state index in [9.17, 15) is 18.5 Å². The zero-order valence-corrected chi connectivity index (χ0v) is 11.2. The van der Waals surface area contributed by atoms with Gasteiger partial charge in [0, 0.05) is 18.5 Å². The molecule has 0 N–H and O–H groups in total. The Bertz CT molecular complexity index is 744. The summed E-state index contributed by atoms with van der Waals surface area (Å²) in [6.45, 7) is 1.66. The number of hydrogen-bond acceptors (Lipinski definition) is 6. The van der Waals surface area contributed by atoms with Crippen molar-refractivity contribution < 1.29 is 17.5 Å². The fraction of sp³-hybridized carbons (Fsp3) is 0.0833. The molecular weight excluding hydrogens is 284 g/mol. The quantitative estimate of drug-likeness (QED) is 0.486. The van der Waals surface area contributed by atoms with Crippen LogP contribution >= 0.6 is 0 Å². The van der Waals surface area contributed by atoms with E-state index < -0.39 is 20.7 Å². The van der Waals surface area contributed by atoms with Gasteiger partial charge >= 0.3 is 15.8 Å². The van der Waals surface area contributed by atoms with Crippen molar-refractivity contribution >= 4 is 15.8 Å². The van der Waals surface area contributed by atoms with Gasteiger partial charge in [-0.1, -0.05) is 6.07 Å². The van der Waals surface area contributed by atoms with Gasteiger partial charge in [-0.3, -0.25) is 15.1 Å². The van der Waals surface area contributed by atoms with Gasteiger partial charge in [-0.15, -0.1) is 0 Å². The summed E-state index contributed by atoms with van der Waals surface area (Å²) >= 11 is 0. The summed E-state index contributed by atoms with van der Waals surface area (Å²) in [7, 11) is -4.15. The molecule has 0 bridgehead atoms. The van der Waals surface area contributed by atoms with Gasteiger partial charge in [-0.2, -0.15) is 8.42 Å². The minimum Gasteiger partial charge on any atom is -0.372 e. The van der Waals surface area contributed by atoms with Crippen LogP contribution in [0.1, 0.15) is 5.56 Å². The van der Waals surface area contributed by atoms with Crippen molar-refractivity contribution in [2.45, 2.75) is 11.8 Å². The summed E-state index contributed by atoms with van der Waals surface area (Å²) in [5.74, 6) is -0.329. The predicted octanol–water partition coefficient (Wildman–Crippen LogP) is 2.07. The Hall–Kier alpha value is -2.48. The van der Waals surface area contributed by atoms with Crippen LogP contribution < -0.4 is 4.18 Å². The molecule has 0 fully saturated rings. The summed E-state index contributed by atoms with van der Waals surface area (Å²) in [4.78, 5) is 13.7. The highest BCUT2D eigenvalue weighted by Crippen LogP contribution is 2.30. The summed E-state index contributed by atoms with van der Waals surface area (Å²) in [6.07, 6.45) is 2.52. The smallest absolute Gasteiger partial charge is 0.341 e. The molecule has 0 radical (unpaired) electrons. The molecule has 1 aromatic heterocycles. The van der Waals surface area contributed by atoms with Crippen LogP contribution in [0.5, 0.6) is 5.75 Å². The highest BCUT2D eigenvalue weighted by atomic mass is 32.2. The van der Waals surface area contributed by atoms with Gasteiger partial charge in [0.1, 0.15) is 4.90 Å². The lowest BCUT2D eigenvalue weighted by molar-refractivity contribution is -0.385. The molecule has 0 aliphatic heterocycles. The number of aryl methyl sites for hydroxylation is 1. The van der Waals surface area contributed by atoms with E-state index in [0.29, 0.717) is 5.56 Å². The Labute approximate surface area is 115 Å². The Kier molecular flexibility index (Phi) is 3.66. The maximum absolute atomic E-state index is 12.0. The van der Waals surface area contributed by atoms with Gasteiger partial charge in [0.05, 0.1) is 4.92 Å². The second kappa shape index (κ2) is 5.25. The molecule has 0 unspecified atom stereocenters. The maximum atomic E-state index is 12.0. The molecule has 2 aromatic rings. The number of nitrogens with zero attached hydrogens (tertiary/aromatic N) is 2. The van der Waals surface area contributed by atoms with Gasteiger partial charge in [0.15, 0.2) is 0 Å². The number of aromatic nitrogens is 1. The van der Waals surface area contributed by atoms with Crippen LogP contribution in [0.3, 0.4) is 0 Å². The third-order valence-corrected chi connectivity index (χ3v) is 3.65. The first-order valence-corrected chi connectivity index (χ1v) is 6.90. The third-order valence-electron chi connectivity index (χ3n) is 2.43. The molecule has 0 atom stereocenters. The van der Waals surface area contributed by atoms with Crippen molar-refractivity contribution in [1.29, 1.82) is 0 Å².